The van der Waals surface area contributed by atoms with Crippen molar-refractivity contribution < 1.29 is 50.2 Å². The maximum Gasteiger partial charge on any atom is 0.491 e. The highest BCUT2D eigenvalue weighted by Crippen LogP contribution is 2.29. The van der Waals surface area contributed by atoms with Crippen LogP contribution in [0.15, 0.2) is 24.3 Å². The van der Waals surface area contributed by atoms with Crippen LogP contribution in [0.3, 0.4) is 0 Å². The van der Waals surface area contributed by atoms with Crippen LogP contribution in [0.1, 0.15) is 16.8 Å². The number of ether oxygens (including phenoxy) is 1. The highest BCUT2D eigenvalue weighted by Gasteiger charge is 2.43. The summed E-state index contributed by atoms with van der Waals surface area (Å²) < 4.78 is 92.9. The van der Waals surface area contributed by atoms with Gasteiger partial charge in [-0.25, -0.2) is 14.0 Å². The standard InChI is InChI=1S/C18H13ClF7N3O4/c1-29(5-4-13(30)17(21,22)23)14-10(15(31)33-16(32)18(24,25)26)7-12(27-28-14)9-6-8(19)2-3-11(9)20/h2-3,6-7,13,30H,4-5H2,1H3. The van der Waals surface area contributed by atoms with E-state index in [0.29, 0.717) is 0 Å². The molecule has 0 radical (unpaired) electrons. The molecule has 180 valence electrons. The Labute approximate surface area is 185 Å². The number of aliphatic hydroxyl groups excluding tert-OH is 1. The third kappa shape index (κ3) is 6.74. The van der Waals surface area contributed by atoms with E-state index in [0.717, 1.165) is 30.1 Å². The molecule has 1 atom stereocenters. The fourth-order valence-electron chi connectivity index (χ4n) is 2.43. The highest BCUT2D eigenvalue weighted by atomic mass is 35.5. The number of halogens is 8. The SMILES string of the molecule is CN(CCC(O)C(F)(F)F)c1nnc(-c2cc(Cl)ccc2F)cc1C(=O)OC(=O)C(F)(F)F. The van der Waals surface area contributed by atoms with Gasteiger partial charge in [-0.2, -0.15) is 26.3 Å². The number of aromatic nitrogens is 2. The lowest BCUT2D eigenvalue weighted by atomic mass is 10.1. The van der Waals surface area contributed by atoms with E-state index in [2.05, 4.69) is 14.9 Å². The molecule has 33 heavy (non-hydrogen) atoms. The molecular formula is C18H13ClF7N3O4. The third-order valence-electron chi connectivity index (χ3n) is 4.09. The molecule has 1 aromatic carbocycles. The van der Waals surface area contributed by atoms with Crippen molar-refractivity contribution in [3.63, 3.8) is 0 Å². The van der Waals surface area contributed by atoms with Crippen LogP contribution in [0.4, 0.5) is 36.6 Å². The quantitative estimate of drug-likeness (QED) is 0.363. The number of benzene rings is 1. The highest BCUT2D eigenvalue weighted by molar-refractivity contribution is 6.30. The van der Waals surface area contributed by atoms with Gasteiger partial charge in [0.2, 0.25) is 0 Å². The molecule has 1 heterocycles. The van der Waals surface area contributed by atoms with Crippen molar-refractivity contribution in [2.75, 3.05) is 18.5 Å². The van der Waals surface area contributed by atoms with Gasteiger partial charge in [0.05, 0.1) is 5.69 Å². The zero-order valence-electron chi connectivity index (χ0n) is 16.3. The molecule has 0 fully saturated rings. The van der Waals surface area contributed by atoms with Gasteiger partial charge < -0.3 is 14.7 Å². The fourth-order valence-corrected chi connectivity index (χ4v) is 2.60. The van der Waals surface area contributed by atoms with Crippen LogP contribution in [0.2, 0.25) is 5.02 Å². The van der Waals surface area contributed by atoms with Gasteiger partial charge in [-0.3, -0.25) is 0 Å². The predicted molar refractivity (Wildman–Crippen MR) is 98.9 cm³/mol. The molecule has 2 aromatic rings. The Morgan fingerprint density at radius 3 is 2.36 bits per heavy atom. The second-order valence-corrected chi connectivity index (χ2v) is 6.97. The fraction of sp³-hybridized carbons (Fsp3) is 0.333. The minimum atomic E-state index is -5.53. The Morgan fingerprint density at radius 1 is 1.15 bits per heavy atom. The zero-order valence-corrected chi connectivity index (χ0v) is 17.1. The van der Waals surface area contributed by atoms with Crippen molar-refractivity contribution in [3.05, 3.63) is 40.7 Å². The van der Waals surface area contributed by atoms with Gasteiger partial charge in [-0.15, -0.1) is 10.2 Å². The molecule has 15 heteroatoms. The number of carbonyl (C=O) groups excluding carboxylic acids is 2. The van der Waals surface area contributed by atoms with E-state index in [-0.39, 0.29) is 10.6 Å². The normalized spacial score (nSPS) is 12.9. The smallest absolute Gasteiger partial charge is 0.384 e. The van der Waals surface area contributed by atoms with E-state index in [1.807, 2.05) is 0 Å². The Kier molecular flexibility index (Phi) is 7.85. The Morgan fingerprint density at radius 2 is 1.79 bits per heavy atom. The summed E-state index contributed by atoms with van der Waals surface area (Å²) in [5.74, 6) is -6.21. The number of hydrogen-bond donors (Lipinski definition) is 1. The van der Waals surface area contributed by atoms with Crippen LogP contribution >= 0.6 is 11.6 Å². The summed E-state index contributed by atoms with van der Waals surface area (Å²) in [4.78, 5) is 24.2. The minimum absolute atomic E-state index is 0.0342. The van der Waals surface area contributed by atoms with Crippen LogP contribution in [0.25, 0.3) is 11.3 Å². The van der Waals surface area contributed by atoms with E-state index in [9.17, 15) is 40.3 Å². The van der Waals surface area contributed by atoms with Gasteiger partial charge in [-0.05, 0) is 30.7 Å². The van der Waals surface area contributed by atoms with E-state index in [4.69, 9.17) is 16.7 Å². The monoisotopic (exact) mass is 503 g/mol. The van der Waals surface area contributed by atoms with Gasteiger partial charge in [0.1, 0.15) is 11.4 Å². The molecule has 0 saturated carbocycles. The van der Waals surface area contributed by atoms with Crippen LogP contribution in [0, 0.1) is 5.82 Å². The summed E-state index contributed by atoms with van der Waals surface area (Å²) in [7, 11) is 1.09. The number of aliphatic hydroxyl groups is 1. The largest absolute Gasteiger partial charge is 0.491 e. The molecule has 1 aromatic heterocycles. The second-order valence-electron chi connectivity index (χ2n) is 6.53. The molecule has 2 rings (SSSR count). The van der Waals surface area contributed by atoms with E-state index >= 15 is 0 Å². The van der Waals surface area contributed by atoms with Crippen LogP contribution < -0.4 is 4.90 Å². The predicted octanol–water partition coefficient (Wildman–Crippen LogP) is 3.93. The summed E-state index contributed by atoms with van der Waals surface area (Å²) in [5, 5.41) is 16.3. The van der Waals surface area contributed by atoms with E-state index in [1.54, 1.807) is 0 Å². The number of anilines is 1. The molecule has 0 amide bonds. The van der Waals surface area contributed by atoms with Gasteiger partial charge in [0.15, 0.2) is 11.9 Å². The molecule has 7 nitrogen and oxygen atoms in total. The first-order valence-corrected chi connectivity index (χ1v) is 9.11. The number of alkyl halides is 6. The zero-order chi connectivity index (χ0) is 25.1. The molecule has 0 aliphatic heterocycles. The van der Waals surface area contributed by atoms with Crippen molar-refractivity contribution in [1.82, 2.24) is 10.2 Å². The molecule has 0 saturated heterocycles. The van der Waals surface area contributed by atoms with Crippen molar-refractivity contribution in [1.29, 1.82) is 0 Å². The topological polar surface area (TPSA) is 92.6 Å². The van der Waals surface area contributed by atoms with Crippen molar-refractivity contribution in [2.24, 2.45) is 0 Å². The van der Waals surface area contributed by atoms with Gasteiger partial charge >= 0.3 is 24.3 Å². The number of carbonyl (C=O) groups is 2. The number of rotatable bonds is 6. The molecule has 0 spiro atoms. The number of nitrogens with zero attached hydrogens (tertiary/aromatic N) is 3. The van der Waals surface area contributed by atoms with Crippen LogP contribution in [0.5, 0.6) is 0 Å². The summed E-state index contributed by atoms with van der Waals surface area (Å²) in [6.07, 6.45) is -14.1. The van der Waals surface area contributed by atoms with Crippen molar-refractivity contribution in [2.45, 2.75) is 24.9 Å². The van der Waals surface area contributed by atoms with Crippen LogP contribution in [-0.2, 0) is 9.53 Å². The maximum absolute atomic E-state index is 14.1. The molecule has 0 bridgehead atoms. The first kappa shape index (κ1) is 26.3. The number of esters is 2. The minimum Gasteiger partial charge on any atom is -0.384 e. The average molecular weight is 504 g/mol. The van der Waals surface area contributed by atoms with Gasteiger partial charge in [0, 0.05) is 24.2 Å². The van der Waals surface area contributed by atoms with Gasteiger partial charge in [-0.1, -0.05) is 11.6 Å². The summed E-state index contributed by atoms with van der Waals surface area (Å²) in [6, 6.07) is 3.92. The second kappa shape index (κ2) is 9.87. The van der Waals surface area contributed by atoms with Crippen molar-refractivity contribution >= 4 is 29.4 Å². The Bertz CT molecular complexity index is 1050. The van der Waals surface area contributed by atoms with Crippen molar-refractivity contribution in [3.8, 4) is 11.3 Å². The molecule has 1 N–H and O–H groups in total. The Balaban J connectivity index is 2.47. The molecule has 0 aliphatic rings. The van der Waals surface area contributed by atoms with Gasteiger partial charge in [0.25, 0.3) is 0 Å². The summed E-state index contributed by atoms with van der Waals surface area (Å²) in [5.41, 5.74) is -1.54. The summed E-state index contributed by atoms with van der Waals surface area (Å²) >= 11 is 5.78. The first-order chi connectivity index (χ1) is 15.1. The molecular weight excluding hydrogens is 491 g/mol. The lowest BCUT2D eigenvalue weighted by Crippen LogP contribution is -2.34. The maximum atomic E-state index is 14.1. The van der Waals surface area contributed by atoms with Crippen LogP contribution in [-0.4, -0.2) is 59.3 Å². The molecule has 1 unspecified atom stereocenters. The average Bonchev–Trinajstić information content (AvgIpc) is 2.71. The lowest BCUT2D eigenvalue weighted by Gasteiger charge is -2.22. The Hall–Kier alpha value is -3.00. The van der Waals surface area contributed by atoms with E-state index < -0.39 is 66.3 Å². The molecule has 0 aliphatic carbocycles. The van der Waals surface area contributed by atoms with E-state index in [1.165, 1.54) is 6.07 Å². The lowest BCUT2D eigenvalue weighted by molar-refractivity contribution is -0.204. The summed E-state index contributed by atoms with van der Waals surface area (Å²) in [6.45, 7) is -0.590. The first-order valence-electron chi connectivity index (χ1n) is 8.73. The third-order valence-corrected chi connectivity index (χ3v) is 4.33. The number of hydrogen-bond acceptors (Lipinski definition) is 7.